The van der Waals surface area contributed by atoms with Crippen molar-refractivity contribution in [2.24, 2.45) is 0 Å². The minimum absolute atomic E-state index is 0.800. The van der Waals surface area contributed by atoms with Gasteiger partial charge in [-0.25, -0.2) is 9.97 Å². The highest BCUT2D eigenvalue weighted by atomic mass is 32.2. The average Bonchev–Trinajstić information content (AvgIpc) is 3.08. The summed E-state index contributed by atoms with van der Waals surface area (Å²) in [5, 5.41) is 2.53. The molecule has 0 unspecified atom stereocenters. The van der Waals surface area contributed by atoms with Gasteiger partial charge in [0, 0.05) is 13.1 Å². The van der Waals surface area contributed by atoms with E-state index in [0.717, 1.165) is 55.2 Å². The molecule has 0 aromatic carbocycles. The zero-order chi connectivity index (χ0) is 17.5. The zero-order valence-corrected chi connectivity index (χ0v) is 16.6. The van der Waals surface area contributed by atoms with E-state index in [4.69, 9.17) is 14.7 Å². The molecule has 0 amide bonds. The molecule has 1 saturated heterocycles. The van der Waals surface area contributed by atoms with E-state index in [1.165, 1.54) is 44.9 Å². The number of aromatic nitrogens is 3. The van der Waals surface area contributed by atoms with Crippen molar-refractivity contribution in [3.05, 3.63) is 17.5 Å². The molecule has 0 bridgehead atoms. The first-order valence-electron chi connectivity index (χ1n) is 9.47. The normalized spacial score (nSPS) is 17.8. The first kappa shape index (κ1) is 16.7. The molecule has 0 atom stereocenters. The van der Waals surface area contributed by atoms with E-state index in [9.17, 15) is 0 Å². The highest BCUT2D eigenvalue weighted by molar-refractivity contribution is 7.99. The summed E-state index contributed by atoms with van der Waals surface area (Å²) in [6.07, 6.45) is 6.66. The van der Waals surface area contributed by atoms with Gasteiger partial charge < -0.3 is 9.64 Å². The Morgan fingerprint density at radius 1 is 1.23 bits per heavy atom. The van der Waals surface area contributed by atoms with E-state index < -0.39 is 0 Å². The standard InChI is InChI=1S/C19H22N4OS2/c1-2-25-19-16-15(20-11-21-19)14-12-5-3-4-6-13(12)17(22-18(14)26-16)23-7-9-24-10-8-23/h11H,2-10H2,1H3/p+1. The van der Waals surface area contributed by atoms with Gasteiger partial charge in [0.25, 0.3) is 6.33 Å². The molecule has 0 radical (unpaired) electrons. The second-order valence-electron chi connectivity index (χ2n) is 6.82. The molecule has 0 saturated carbocycles. The SMILES string of the molecule is CCSc1[nH+]cnc2c1sc1nc(N3CCOCC3)c3c(c12)CCCC3. The molecule has 26 heavy (non-hydrogen) atoms. The molecular formula is C19H23N4OS2+. The number of pyridine rings is 1. The Morgan fingerprint density at radius 3 is 2.85 bits per heavy atom. The first-order valence-corrected chi connectivity index (χ1v) is 11.3. The molecular weight excluding hydrogens is 364 g/mol. The molecule has 3 aromatic rings. The van der Waals surface area contributed by atoms with E-state index in [1.54, 1.807) is 11.3 Å². The minimum atomic E-state index is 0.800. The monoisotopic (exact) mass is 387 g/mol. The van der Waals surface area contributed by atoms with Gasteiger partial charge in [0.1, 0.15) is 15.3 Å². The predicted molar refractivity (Wildman–Crippen MR) is 108 cm³/mol. The fourth-order valence-corrected chi connectivity index (χ4v) is 6.14. The van der Waals surface area contributed by atoms with Crippen molar-refractivity contribution in [1.82, 2.24) is 9.97 Å². The number of thiophene rings is 1. The second kappa shape index (κ2) is 6.94. The Balaban J connectivity index is 1.77. The second-order valence-corrected chi connectivity index (χ2v) is 9.10. The fraction of sp³-hybridized carbons (Fsp3) is 0.526. The van der Waals surface area contributed by atoms with Gasteiger partial charge in [-0.1, -0.05) is 18.7 Å². The van der Waals surface area contributed by atoms with Crippen LogP contribution < -0.4 is 9.88 Å². The van der Waals surface area contributed by atoms with Crippen molar-refractivity contribution in [3.63, 3.8) is 0 Å². The average molecular weight is 388 g/mol. The summed E-state index contributed by atoms with van der Waals surface area (Å²) < 4.78 is 6.82. The Labute approximate surface area is 161 Å². The lowest BCUT2D eigenvalue weighted by Crippen LogP contribution is -2.37. The molecule has 0 spiro atoms. The zero-order valence-electron chi connectivity index (χ0n) is 15.0. The van der Waals surface area contributed by atoms with Crippen LogP contribution in [-0.2, 0) is 17.6 Å². The molecule has 1 aliphatic carbocycles. The largest absolute Gasteiger partial charge is 0.378 e. The number of morpholine rings is 1. The summed E-state index contributed by atoms with van der Waals surface area (Å²) in [4.78, 5) is 16.8. The maximum Gasteiger partial charge on any atom is 0.285 e. The highest BCUT2D eigenvalue weighted by Crippen LogP contribution is 2.42. The van der Waals surface area contributed by atoms with E-state index >= 15 is 0 Å². The third-order valence-corrected chi connectivity index (χ3v) is 7.43. The summed E-state index contributed by atoms with van der Waals surface area (Å²) in [7, 11) is 0. The lowest BCUT2D eigenvalue weighted by atomic mass is 9.90. The number of anilines is 1. The number of rotatable bonds is 3. The van der Waals surface area contributed by atoms with Crippen LogP contribution in [0.4, 0.5) is 5.82 Å². The maximum atomic E-state index is 5.56. The number of hydrogen-bond donors (Lipinski definition) is 0. The number of aromatic amines is 1. The van der Waals surface area contributed by atoms with Crippen LogP contribution in [0, 0.1) is 0 Å². The lowest BCUT2D eigenvalue weighted by molar-refractivity contribution is -0.427. The molecule has 4 heterocycles. The number of fused-ring (bicyclic) bond motifs is 5. The number of nitrogens with zero attached hydrogens (tertiary/aromatic N) is 3. The van der Waals surface area contributed by atoms with Crippen LogP contribution in [0.25, 0.3) is 20.4 Å². The molecule has 3 aromatic heterocycles. The van der Waals surface area contributed by atoms with Gasteiger partial charge in [-0.2, -0.15) is 0 Å². The van der Waals surface area contributed by atoms with Crippen LogP contribution in [-0.4, -0.2) is 42.0 Å². The Hall–Kier alpha value is -1.44. The minimum Gasteiger partial charge on any atom is -0.378 e. The van der Waals surface area contributed by atoms with E-state index in [0.29, 0.717) is 0 Å². The summed E-state index contributed by atoms with van der Waals surface area (Å²) in [6, 6.07) is 0. The van der Waals surface area contributed by atoms with Crippen LogP contribution in [0.1, 0.15) is 30.9 Å². The van der Waals surface area contributed by atoms with Crippen LogP contribution in [0.3, 0.4) is 0 Å². The predicted octanol–water partition coefficient (Wildman–Crippen LogP) is 3.49. The van der Waals surface area contributed by atoms with Crippen molar-refractivity contribution in [2.45, 2.75) is 37.6 Å². The smallest absolute Gasteiger partial charge is 0.285 e. The van der Waals surface area contributed by atoms with Crippen LogP contribution in [0.15, 0.2) is 11.4 Å². The van der Waals surface area contributed by atoms with Crippen molar-refractivity contribution >= 4 is 49.3 Å². The number of aryl methyl sites for hydroxylation is 1. The molecule has 136 valence electrons. The number of ether oxygens (including phenoxy) is 1. The van der Waals surface area contributed by atoms with Gasteiger partial charge in [0.05, 0.1) is 18.6 Å². The number of nitrogens with one attached hydrogen (secondary N) is 1. The fourth-order valence-electron chi connectivity index (χ4n) is 4.14. The van der Waals surface area contributed by atoms with Crippen LogP contribution in [0.5, 0.6) is 0 Å². The molecule has 1 N–H and O–H groups in total. The number of H-pyrrole nitrogens is 1. The molecule has 5 rings (SSSR count). The topological polar surface area (TPSA) is 52.4 Å². The van der Waals surface area contributed by atoms with Crippen molar-refractivity contribution in [1.29, 1.82) is 0 Å². The van der Waals surface area contributed by atoms with E-state index in [1.807, 2.05) is 18.1 Å². The van der Waals surface area contributed by atoms with Crippen LogP contribution in [0.2, 0.25) is 0 Å². The van der Waals surface area contributed by atoms with Gasteiger partial charge >= 0.3 is 0 Å². The molecule has 7 heteroatoms. The van der Waals surface area contributed by atoms with E-state index in [-0.39, 0.29) is 0 Å². The quantitative estimate of drug-likeness (QED) is 0.509. The van der Waals surface area contributed by atoms with Gasteiger partial charge in [-0.15, -0.1) is 11.3 Å². The summed E-state index contributed by atoms with van der Waals surface area (Å²) in [6.45, 7) is 5.68. The lowest BCUT2D eigenvalue weighted by Gasteiger charge is -2.31. The van der Waals surface area contributed by atoms with Gasteiger partial charge in [-0.05, 0) is 47.5 Å². The summed E-state index contributed by atoms with van der Waals surface area (Å²) in [5.41, 5.74) is 4.10. The van der Waals surface area contributed by atoms with Crippen molar-refractivity contribution in [2.75, 3.05) is 37.0 Å². The Morgan fingerprint density at radius 2 is 2.04 bits per heavy atom. The van der Waals surface area contributed by atoms with Crippen molar-refractivity contribution < 1.29 is 9.72 Å². The molecule has 1 aliphatic heterocycles. The summed E-state index contributed by atoms with van der Waals surface area (Å²) >= 11 is 3.65. The Bertz CT molecular complexity index is 965. The third kappa shape index (κ3) is 2.68. The van der Waals surface area contributed by atoms with Gasteiger partial charge in [0.2, 0.25) is 5.52 Å². The third-order valence-electron chi connectivity index (χ3n) is 5.31. The summed E-state index contributed by atoms with van der Waals surface area (Å²) in [5.74, 6) is 2.25. The van der Waals surface area contributed by atoms with Crippen molar-refractivity contribution in [3.8, 4) is 0 Å². The first-order chi connectivity index (χ1) is 12.9. The Kier molecular flexibility index (Phi) is 4.46. The van der Waals surface area contributed by atoms with Gasteiger partial charge in [0.15, 0.2) is 5.03 Å². The number of hydrogen-bond acceptors (Lipinski definition) is 6. The van der Waals surface area contributed by atoms with E-state index in [2.05, 4.69) is 16.8 Å². The molecule has 2 aliphatic rings. The van der Waals surface area contributed by atoms with Crippen LogP contribution >= 0.6 is 23.1 Å². The number of thioether (sulfide) groups is 1. The highest BCUT2D eigenvalue weighted by Gasteiger charge is 2.28. The molecule has 5 nitrogen and oxygen atoms in total. The maximum absolute atomic E-state index is 5.56. The molecule has 1 fully saturated rings. The van der Waals surface area contributed by atoms with Gasteiger partial charge in [-0.3, -0.25) is 0 Å².